The van der Waals surface area contributed by atoms with Gasteiger partial charge >= 0.3 is 17.0 Å². The summed E-state index contributed by atoms with van der Waals surface area (Å²) in [5.41, 5.74) is -11.9. The fraction of sp³-hybridized carbons (Fsp3) is 0.824. The molecule has 0 aliphatic carbocycles. The van der Waals surface area contributed by atoms with Gasteiger partial charge < -0.3 is 13.3 Å². The lowest BCUT2D eigenvalue weighted by atomic mass is 10.2. The SMILES string of the molecule is C=C(C)C(=O)OCCC[N+](C)(C)CCCCCC.O=S(=O)([N-]S(=O)(=O)C(F)(F)F)C(F)(F)F. The molecule has 0 aliphatic heterocycles. The molecule has 0 bridgehead atoms. The third kappa shape index (κ3) is 14.5. The molecule has 0 rings (SSSR count). The van der Waals surface area contributed by atoms with Gasteiger partial charge in [0, 0.05) is 12.0 Å². The molecule has 198 valence electrons. The van der Waals surface area contributed by atoms with Crippen LogP contribution in [0.2, 0.25) is 0 Å². The summed E-state index contributed by atoms with van der Waals surface area (Å²) < 4.78 is 115. The molecule has 8 nitrogen and oxygen atoms in total. The van der Waals surface area contributed by atoms with Gasteiger partial charge in [0.05, 0.1) is 33.8 Å². The van der Waals surface area contributed by atoms with Gasteiger partial charge in [0.25, 0.3) is 0 Å². The van der Waals surface area contributed by atoms with Crippen molar-refractivity contribution in [2.24, 2.45) is 0 Å². The van der Waals surface area contributed by atoms with Crippen molar-refractivity contribution in [3.8, 4) is 0 Å². The third-order valence-corrected chi connectivity index (χ3v) is 6.63. The number of carbonyl (C=O) groups excluding carboxylic acids is 1. The number of nitrogens with zero attached hydrogens (tertiary/aromatic N) is 2. The number of esters is 1. The molecular weight excluding hydrogens is 506 g/mol. The van der Waals surface area contributed by atoms with Crippen LogP contribution < -0.4 is 0 Å². The average molecular weight is 537 g/mol. The number of quaternary nitrogens is 1. The number of ether oxygens (including phenoxy) is 1. The number of hydrogen-bond acceptors (Lipinski definition) is 6. The molecule has 0 heterocycles. The molecule has 0 amide bonds. The van der Waals surface area contributed by atoms with Crippen molar-refractivity contribution < 1.29 is 57.2 Å². The predicted octanol–water partition coefficient (Wildman–Crippen LogP) is 4.21. The quantitative estimate of drug-likeness (QED) is 0.122. The van der Waals surface area contributed by atoms with Crippen molar-refractivity contribution >= 4 is 26.0 Å². The molecule has 0 saturated heterocycles. The van der Waals surface area contributed by atoms with Gasteiger partial charge in [-0.15, -0.1) is 0 Å². The van der Waals surface area contributed by atoms with E-state index in [0.29, 0.717) is 12.2 Å². The highest BCUT2D eigenvalue weighted by Crippen LogP contribution is 2.36. The fourth-order valence-electron chi connectivity index (χ4n) is 2.07. The zero-order valence-electron chi connectivity index (χ0n) is 18.8. The lowest BCUT2D eigenvalue weighted by Gasteiger charge is -2.29. The van der Waals surface area contributed by atoms with Crippen LogP contribution in [0.1, 0.15) is 46.0 Å². The Hall–Kier alpha value is -1.39. The largest absolute Gasteiger partial charge is 0.480 e. The van der Waals surface area contributed by atoms with Crippen LogP contribution in [0, 0.1) is 0 Å². The molecule has 0 aromatic rings. The second-order valence-electron chi connectivity index (χ2n) is 7.63. The average Bonchev–Trinajstić information content (AvgIpc) is 2.60. The Morgan fingerprint density at radius 2 is 1.30 bits per heavy atom. The van der Waals surface area contributed by atoms with Crippen molar-refractivity contribution in [3.05, 3.63) is 16.3 Å². The summed E-state index contributed by atoms with van der Waals surface area (Å²) in [6.07, 6.45) is 6.13. The molecule has 0 atom stereocenters. The molecule has 0 fully saturated rings. The molecule has 16 heteroatoms. The van der Waals surface area contributed by atoms with E-state index in [-0.39, 0.29) is 5.97 Å². The van der Waals surface area contributed by atoms with Crippen LogP contribution in [0.25, 0.3) is 4.13 Å². The Labute approximate surface area is 190 Å². The maximum Gasteiger partial charge on any atom is 0.480 e. The first-order valence-electron chi connectivity index (χ1n) is 9.61. The number of sulfonamides is 2. The van der Waals surface area contributed by atoms with Crippen LogP contribution in [0.15, 0.2) is 12.2 Å². The molecule has 0 N–H and O–H groups in total. The number of alkyl halides is 6. The van der Waals surface area contributed by atoms with E-state index >= 15 is 0 Å². The van der Waals surface area contributed by atoms with Gasteiger partial charge in [-0.2, -0.15) is 26.3 Å². The predicted molar refractivity (Wildman–Crippen MR) is 110 cm³/mol. The second-order valence-corrected chi connectivity index (χ2v) is 11.1. The smallest absolute Gasteiger partial charge is 0.462 e. The van der Waals surface area contributed by atoms with Crippen LogP contribution in [0.4, 0.5) is 26.3 Å². The maximum atomic E-state index is 11.4. The highest BCUT2D eigenvalue weighted by molar-refractivity contribution is 8.13. The summed E-state index contributed by atoms with van der Waals surface area (Å²) in [6, 6.07) is 0. The van der Waals surface area contributed by atoms with E-state index in [1.807, 2.05) is 0 Å². The van der Waals surface area contributed by atoms with Crippen molar-refractivity contribution in [1.82, 2.24) is 0 Å². The van der Waals surface area contributed by atoms with Crippen LogP contribution in [-0.4, -0.2) is 72.1 Å². The van der Waals surface area contributed by atoms with E-state index in [0.717, 1.165) is 21.6 Å². The zero-order valence-corrected chi connectivity index (χ0v) is 20.4. The first kappa shape index (κ1) is 33.8. The Balaban J connectivity index is 0. The number of halogens is 6. The molecule has 0 aromatic heterocycles. The fourth-order valence-corrected chi connectivity index (χ4v) is 3.78. The molecular formula is C17H30F6N2O6S2. The molecule has 33 heavy (non-hydrogen) atoms. The van der Waals surface area contributed by atoms with Gasteiger partial charge in [-0.1, -0.05) is 26.3 Å². The van der Waals surface area contributed by atoms with E-state index in [9.17, 15) is 48.0 Å². The number of unbranched alkanes of at least 4 members (excludes halogenated alkanes) is 3. The van der Waals surface area contributed by atoms with Gasteiger partial charge in [-0.25, -0.2) is 21.6 Å². The summed E-state index contributed by atoms with van der Waals surface area (Å²) in [5.74, 6) is -0.275. The van der Waals surface area contributed by atoms with Crippen LogP contribution in [0.5, 0.6) is 0 Å². The molecule has 0 aromatic carbocycles. The highest BCUT2D eigenvalue weighted by atomic mass is 32.3. The topological polar surface area (TPSA) is 109 Å². The molecule has 0 spiro atoms. The van der Waals surface area contributed by atoms with Crippen molar-refractivity contribution in [1.29, 1.82) is 0 Å². The number of rotatable bonds is 12. The maximum absolute atomic E-state index is 11.4. The highest BCUT2D eigenvalue weighted by Gasteiger charge is 2.46. The summed E-state index contributed by atoms with van der Waals surface area (Å²) in [4.78, 5) is 11.2. The summed E-state index contributed by atoms with van der Waals surface area (Å²) >= 11 is 0. The summed E-state index contributed by atoms with van der Waals surface area (Å²) in [6.45, 7) is 10.2. The minimum Gasteiger partial charge on any atom is -0.462 e. The Kier molecular flexibility index (Phi) is 13.8. The Morgan fingerprint density at radius 1 is 0.879 bits per heavy atom. The van der Waals surface area contributed by atoms with Crippen LogP contribution in [0.3, 0.4) is 0 Å². The van der Waals surface area contributed by atoms with Gasteiger partial charge in [-0.05, 0) is 19.8 Å². The molecule has 0 aliphatic rings. The van der Waals surface area contributed by atoms with E-state index < -0.39 is 31.1 Å². The molecule has 0 saturated carbocycles. The third-order valence-electron chi connectivity index (χ3n) is 3.89. The minimum absolute atomic E-state index is 0.275. The minimum atomic E-state index is -6.72. The number of carbonyl (C=O) groups is 1. The van der Waals surface area contributed by atoms with Gasteiger partial charge in [0.2, 0.25) is 0 Å². The first-order valence-corrected chi connectivity index (χ1v) is 12.5. The monoisotopic (exact) mass is 536 g/mol. The second kappa shape index (κ2) is 13.5. The Bertz CT molecular complexity index is 795. The van der Waals surface area contributed by atoms with E-state index in [2.05, 4.69) is 27.6 Å². The lowest BCUT2D eigenvalue weighted by molar-refractivity contribution is -0.890. The van der Waals surface area contributed by atoms with E-state index in [1.54, 1.807) is 6.92 Å². The van der Waals surface area contributed by atoms with Gasteiger partial charge in [0.1, 0.15) is 0 Å². The Morgan fingerprint density at radius 3 is 1.67 bits per heavy atom. The van der Waals surface area contributed by atoms with E-state index in [4.69, 9.17) is 4.74 Å². The van der Waals surface area contributed by atoms with Gasteiger partial charge in [0.15, 0.2) is 20.0 Å². The van der Waals surface area contributed by atoms with Crippen molar-refractivity contribution in [2.45, 2.75) is 57.0 Å². The van der Waals surface area contributed by atoms with Crippen molar-refractivity contribution in [3.63, 3.8) is 0 Å². The molecule has 0 unspecified atom stereocenters. The molecule has 0 radical (unpaired) electrons. The van der Waals surface area contributed by atoms with Crippen molar-refractivity contribution in [2.75, 3.05) is 33.8 Å². The number of hydrogen-bond donors (Lipinski definition) is 0. The van der Waals surface area contributed by atoms with Gasteiger partial charge in [-0.3, -0.25) is 0 Å². The zero-order chi connectivity index (χ0) is 26.7. The standard InChI is InChI=1S/C15H30NO2.C2F6NO4S2/c1-6-7-8-9-11-16(4,5)12-10-13-18-15(17)14(2)3;3-1(4,5)14(10,11)9-15(12,13)2(6,7)8/h2,6-13H2,1,3-5H3;/q+1;-1. The first-order chi connectivity index (χ1) is 14.6. The van der Waals surface area contributed by atoms with Crippen LogP contribution >= 0.6 is 0 Å². The summed E-state index contributed by atoms with van der Waals surface area (Å²) in [5, 5.41) is 0. The van der Waals surface area contributed by atoms with E-state index in [1.165, 1.54) is 32.2 Å². The van der Waals surface area contributed by atoms with Crippen LogP contribution in [-0.2, 0) is 29.6 Å². The normalized spacial score (nSPS) is 13.2. The summed E-state index contributed by atoms with van der Waals surface area (Å²) in [7, 11) is -8.96. The lowest BCUT2D eigenvalue weighted by Crippen LogP contribution is -2.41.